The van der Waals surface area contributed by atoms with E-state index in [-0.39, 0.29) is 10.6 Å². The number of carbonyl (C=O) groups is 1. The summed E-state index contributed by atoms with van der Waals surface area (Å²) < 4.78 is 47.7. The molecule has 0 aliphatic heterocycles. The summed E-state index contributed by atoms with van der Waals surface area (Å²) in [5.41, 5.74) is 2.97. The van der Waals surface area contributed by atoms with E-state index in [1.807, 2.05) is 6.92 Å². The minimum absolute atomic E-state index is 0.111. The molecule has 0 aliphatic carbocycles. The Balaban J connectivity index is 2.07. The molecule has 0 heterocycles. The minimum atomic E-state index is -4.02. The number of hydrogen-bond donors (Lipinski definition) is 1. The van der Waals surface area contributed by atoms with Crippen molar-refractivity contribution >= 4 is 22.1 Å². The van der Waals surface area contributed by atoms with Crippen LogP contribution in [0, 0.1) is 0 Å². The van der Waals surface area contributed by atoms with Gasteiger partial charge in [-0.3, -0.25) is 4.79 Å². The summed E-state index contributed by atoms with van der Waals surface area (Å²) in [6.07, 6.45) is 1.41. The van der Waals surface area contributed by atoms with Gasteiger partial charge < -0.3 is 18.9 Å². The van der Waals surface area contributed by atoms with E-state index >= 15 is 0 Å². The summed E-state index contributed by atoms with van der Waals surface area (Å²) >= 11 is 0. The van der Waals surface area contributed by atoms with E-state index in [9.17, 15) is 13.2 Å². The molecule has 0 aliphatic rings. The molecule has 1 amide bonds. The Bertz CT molecular complexity index is 1070. The molecule has 2 aromatic rings. The summed E-state index contributed by atoms with van der Waals surface area (Å²) in [5.74, 6) is 0.987. The van der Waals surface area contributed by atoms with E-state index in [2.05, 4.69) is 10.5 Å². The molecule has 0 aromatic heterocycles. The van der Waals surface area contributed by atoms with Crippen molar-refractivity contribution in [3.63, 3.8) is 0 Å². The Kier molecular flexibility index (Phi) is 8.85. The van der Waals surface area contributed by atoms with Crippen LogP contribution in [-0.4, -0.2) is 66.4 Å². The van der Waals surface area contributed by atoms with Crippen molar-refractivity contribution in [3.05, 3.63) is 42.0 Å². The Morgan fingerprint density at radius 1 is 1.03 bits per heavy atom. The van der Waals surface area contributed by atoms with Crippen molar-refractivity contribution in [3.8, 4) is 23.0 Å². The van der Waals surface area contributed by atoms with Gasteiger partial charge in [-0.2, -0.15) is 9.41 Å². The number of likely N-dealkylation sites (N-methyl/N-ethyl adjacent to an activating group) is 1. The maximum Gasteiger partial charge on any atom is 0.255 e. The predicted molar refractivity (Wildman–Crippen MR) is 119 cm³/mol. The molecule has 174 valence electrons. The van der Waals surface area contributed by atoms with Crippen LogP contribution in [0.1, 0.15) is 12.5 Å². The minimum Gasteiger partial charge on any atom is -0.497 e. The van der Waals surface area contributed by atoms with E-state index in [1.54, 1.807) is 24.3 Å². The van der Waals surface area contributed by atoms with Gasteiger partial charge in [-0.15, -0.1) is 0 Å². The average Bonchev–Trinajstić information content (AvgIpc) is 2.79. The number of benzene rings is 2. The van der Waals surface area contributed by atoms with Gasteiger partial charge in [0, 0.05) is 13.1 Å². The van der Waals surface area contributed by atoms with E-state index in [0.29, 0.717) is 29.4 Å². The van der Waals surface area contributed by atoms with Crippen LogP contribution in [0.2, 0.25) is 0 Å². The Hall–Kier alpha value is -3.31. The second kappa shape index (κ2) is 11.3. The van der Waals surface area contributed by atoms with Crippen molar-refractivity contribution < 1.29 is 32.2 Å². The van der Waals surface area contributed by atoms with Gasteiger partial charge in [0.2, 0.25) is 10.0 Å². The van der Waals surface area contributed by atoms with E-state index < -0.39 is 22.5 Å². The van der Waals surface area contributed by atoms with Crippen LogP contribution < -0.4 is 24.4 Å². The highest BCUT2D eigenvalue weighted by Crippen LogP contribution is 2.30. The topological polar surface area (TPSA) is 116 Å². The van der Waals surface area contributed by atoms with Crippen molar-refractivity contribution in [2.75, 3.05) is 41.5 Å². The number of amides is 1. The molecule has 0 atom stereocenters. The molecule has 2 rings (SSSR count). The first kappa shape index (κ1) is 25.0. The second-order valence-corrected chi connectivity index (χ2v) is 8.43. The third-order valence-electron chi connectivity index (χ3n) is 4.32. The van der Waals surface area contributed by atoms with E-state index in [1.165, 1.54) is 46.7 Å². The van der Waals surface area contributed by atoms with E-state index in [0.717, 1.165) is 4.31 Å². The van der Waals surface area contributed by atoms with Crippen LogP contribution in [0.4, 0.5) is 0 Å². The first-order chi connectivity index (χ1) is 15.3. The van der Waals surface area contributed by atoms with Gasteiger partial charge >= 0.3 is 0 Å². The number of ether oxygens (including phenoxy) is 4. The summed E-state index contributed by atoms with van der Waals surface area (Å²) in [4.78, 5) is 12.1. The average molecular weight is 466 g/mol. The number of nitrogens with zero attached hydrogens (tertiary/aromatic N) is 2. The molecule has 0 fully saturated rings. The predicted octanol–water partition coefficient (Wildman–Crippen LogP) is 1.88. The van der Waals surface area contributed by atoms with Gasteiger partial charge in [0.1, 0.15) is 16.4 Å². The summed E-state index contributed by atoms with van der Waals surface area (Å²) in [6, 6.07) is 9.57. The second-order valence-electron chi connectivity index (χ2n) is 6.41. The SMILES string of the molecule is CCOc1ccc(/C=N\NC(=O)CN(C)S(=O)(=O)c2cc(OC)ccc2OC)cc1OC. The molecule has 0 spiro atoms. The number of hydrazone groups is 1. The monoisotopic (exact) mass is 465 g/mol. The number of nitrogens with one attached hydrogen (secondary N) is 1. The van der Waals surface area contributed by atoms with Gasteiger partial charge in [-0.05, 0) is 42.8 Å². The largest absolute Gasteiger partial charge is 0.497 e. The Morgan fingerprint density at radius 3 is 2.34 bits per heavy atom. The first-order valence-corrected chi connectivity index (χ1v) is 11.0. The zero-order chi connectivity index (χ0) is 23.7. The number of sulfonamides is 1. The quantitative estimate of drug-likeness (QED) is 0.398. The molecule has 32 heavy (non-hydrogen) atoms. The fourth-order valence-electron chi connectivity index (χ4n) is 2.69. The molecular weight excluding hydrogens is 438 g/mol. The van der Waals surface area contributed by atoms with Gasteiger partial charge in [-0.25, -0.2) is 13.8 Å². The van der Waals surface area contributed by atoms with Crippen LogP contribution >= 0.6 is 0 Å². The fourth-order valence-corrected chi connectivity index (χ4v) is 3.99. The number of rotatable bonds is 11. The molecular formula is C21H27N3O7S. The fraction of sp³-hybridized carbons (Fsp3) is 0.333. The van der Waals surface area contributed by atoms with Crippen LogP contribution in [0.5, 0.6) is 23.0 Å². The number of carbonyl (C=O) groups excluding carboxylic acids is 1. The molecule has 10 nitrogen and oxygen atoms in total. The maximum absolute atomic E-state index is 12.9. The first-order valence-electron chi connectivity index (χ1n) is 9.57. The summed E-state index contributed by atoms with van der Waals surface area (Å²) in [5, 5.41) is 3.87. The Morgan fingerprint density at radius 2 is 1.72 bits per heavy atom. The summed E-state index contributed by atoms with van der Waals surface area (Å²) in [6.45, 7) is 1.91. The highest BCUT2D eigenvalue weighted by atomic mass is 32.2. The smallest absolute Gasteiger partial charge is 0.255 e. The Labute approximate surface area is 187 Å². The van der Waals surface area contributed by atoms with Crippen LogP contribution in [0.3, 0.4) is 0 Å². The number of hydrogen-bond acceptors (Lipinski definition) is 8. The van der Waals surface area contributed by atoms with Crippen molar-refractivity contribution in [1.82, 2.24) is 9.73 Å². The number of methoxy groups -OCH3 is 3. The van der Waals surface area contributed by atoms with Gasteiger partial charge in [0.05, 0.1) is 40.7 Å². The van der Waals surface area contributed by atoms with Crippen molar-refractivity contribution in [2.24, 2.45) is 5.10 Å². The van der Waals surface area contributed by atoms with Crippen molar-refractivity contribution in [1.29, 1.82) is 0 Å². The third-order valence-corrected chi connectivity index (χ3v) is 6.14. The molecule has 0 bridgehead atoms. The highest BCUT2D eigenvalue weighted by Gasteiger charge is 2.27. The van der Waals surface area contributed by atoms with Gasteiger partial charge in [0.25, 0.3) is 5.91 Å². The molecule has 0 saturated heterocycles. The van der Waals surface area contributed by atoms with Gasteiger partial charge in [0.15, 0.2) is 11.5 Å². The molecule has 1 N–H and O–H groups in total. The zero-order valence-corrected chi connectivity index (χ0v) is 19.4. The van der Waals surface area contributed by atoms with Crippen molar-refractivity contribution in [2.45, 2.75) is 11.8 Å². The molecule has 0 radical (unpaired) electrons. The van der Waals surface area contributed by atoms with Gasteiger partial charge in [-0.1, -0.05) is 0 Å². The third kappa shape index (κ3) is 6.11. The molecule has 11 heteroatoms. The normalized spacial score (nSPS) is 11.4. The lowest BCUT2D eigenvalue weighted by Gasteiger charge is -2.18. The molecule has 0 unspecified atom stereocenters. The lowest BCUT2D eigenvalue weighted by atomic mass is 10.2. The zero-order valence-electron chi connectivity index (χ0n) is 18.6. The molecule has 0 saturated carbocycles. The van der Waals surface area contributed by atoms with Crippen LogP contribution in [0.25, 0.3) is 0 Å². The van der Waals surface area contributed by atoms with Crippen LogP contribution in [0.15, 0.2) is 46.4 Å². The highest BCUT2D eigenvalue weighted by molar-refractivity contribution is 7.89. The lowest BCUT2D eigenvalue weighted by molar-refractivity contribution is -0.121. The lowest BCUT2D eigenvalue weighted by Crippen LogP contribution is -2.36. The molecule has 2 aromatic carbocycles. The van der Waals surface area contributed by atoms with Crippen LogP contribution in [-0.2, 0) is 14.8 Å². The standard InChI is InChI=1S/C21H27N3O7S/c1-6-31-17-9-7-15(11-19(17)30-5)13-22-23-21(25)14-24(2)32(26,27)20-12-16(28-3)8-10-18(20)29-4/h7-13H,6,14H2,1-5H3,(H,23,25)/b22-13-. The summed E-state index contributed by atoms with van der Waals surface area (Å²) in [7, 11) is 1.57. The maximum atomic E-state index is 12.9. The van der Waals surface area contributed by atoms with E-state index in [4.69, 9.17) is 18.9 Å².